The van der Waals surface area contributed by atoms with Crippen LogP contribution in [-0.2, 0) is 11.3 Å². The number of halogens is 2. The van der Waals surface area contributed by atoms with Gasteiger partial charge in [-0.05, 0) is 32.2 Å². The largest absolute Gasteiger partial charge is 0.302 e. The number of hydrogen-bond acceptors (Lipinski definition) is 2. The van der Waals surface area contributed by atoms with Crippen LogP contribution in [-0.4, -0.2) is 24.3 Å². The molecule has 0 aliphatic carbocycles. The van der Waals surface area contributed by atoms with E-state index in [0.717, 1.165) is 0 Å². The molecule has 1 rings (SSSR count). The predicted molar refractivity (Wildman–Crippen MR) is 63.0 cm³/mol. The van der Waals surface area contributed by atoms with Crippen molar-refractivity contribution < 1.29 is 9.18 Å². The van der Waals surface area contributed by atoms with Crippen molar-refractivity contribution in [2.24, 2.45) is 0 Å². The van der Waals surface area contributed by atoms with E-state index in [-0.39, 0.29) is 11.6 Å². The molecule has 4 heteroatoms. The molecule has 88 valence electrons. The van der Waals surface area contributed by atoms with Crippen molar-refractivity contribution in [2.45, 2.75) is 19.9 Å². The summed E-state index contributed by atoms with van der Waals surface area (Å²) in [5.41, 5.74) is 0.554. The van der Waals surface area contributed by atoms with Gasteiger partial charge in [0.05, 0.1) is 0 Å². The van der Waals surface area contributed by atoms with Crippen LogP contribution in [0.25, 0.3) is 0 Å². The summed E-state index contributed by atoms with van der Waals surface area (Å²) in [5.74, 6) is -0.127. The fourth-order valence-corrected chi connectivity index (χ4v) is 1.58. The van der Waals surface area contributed by atoms with Gasteiger partial charge in [0, 0.05) is 30.1 Å². The Morgan fingerprint density at radius 1 is 1.50 bits per heavy atom. The quantitative estimate of drug-likeness (QED) is 0.793. The highest BCUT2D eigenvalue weighted by molar-refractivity contribution is 6.30. The molecule has 0 bridgehead atoms. The van der Waals surface area contributed by atoms with Crippen molar-refractivity contribution >= 4 is 17.4 Å². The Kier molecular flexibility index (Phi) is 4.90. The third kappa shape index (κ3) is 4.29. The number of rotatable bonds is 5. The molecule has 0 unspecified atom stereocenters. The van der Waals surface area contributed by atoms with E-state index in [9.17, 15) is 9.18 Å². The first-order valence-corrected chi connectivity index (χ1v) is 5.48. The van der Waals surface area contributed by atoms with Gasteiger partial charge in [0.15, 0.2) is 0 Å². The van der Waals surface area contributed by atoms with E-state index in [4.69, 9.17) is 11.6 Å². The van der Waals surface area contributed by atoms with Gasteiger partial charge in [-0.3, -0.25) is 4.79 Å². The van der Waals surface area contributed by atoms with Crippen LogP contribution in [0.1, 0.15) is 18.9 Å². The second-order valence-electron chi connectivity index (χ2n) is 3.93. The SMILES string of the molecule is CC(=O)CCN(C)Cc1cc(Cl)ccc1F. The van der Waals surface area contributed by atoms with Crippen LogP contribution in [0.5, 0.6) is 0 Å². The van der Waals surface area contributed by atoms with E-state index >= 15 is 0 Å². The van der Waals surface area contributed by atoms with Crippen LogP contribution in [0.15, 0.2) is 18.2 Å². The van der Waals surface area contributed by atoms with Gasteiger partial charge < -0.3 is 4.90 Å². The minimum atomic E-state index is -0.265. The molecule has 0 heterocycles. The van der Waals surface area contributed by atoms with Crippen LogP contribution in [0.2, 0.25) is 5.02 Å². The number of carbonyl (C=O) groups is 1. The van der Waals surface area contributed by atoms with Crippen LogP contribution >= 0.6 is 11.6 Å². The summed E-state index contributed by atoms with van der Waals surface area (Å²) in [5, 5.41) is 0.524. The molecule has 1 aromatic carbocycles. The summed E-state index contributed by atoms with van der Waals surface area (Å²) in [7, 11) is 1.85. The predicted octanol–water partition coefficient (Wildman–Crippen LogP) is 2.89. The van der Waals surface area contributed by atoms with Crippen molar-refractivity contribution in [1.29, 1.82) is 0 Å². The zero-order chi connectivity index (χ0) is 12.1. The fourth-order valence-electron chi connectivity index (χ4n) is 1.38. The Hall–Kier alpha value is -0.930. The van der Waals surface area contributed by atoms with Gasteiger partial charge in [0.25, 0.3) is 0 Å². The summed E-state index contributed by atoms with van der Waals surface area (Å²) in [6.45, 7) is 2.63. The summed E-state index contributed by atoms with van der Waals surface area (Å²) in [6, 6.07) is 4.49. The van der Waals surface area contributed by atoms with E-state index in [0.29, 0.717) is 30.1 Å². The van der Waals surface area contributed by atoms with Crippen molar-refractivity contribution in [3.05, 3.63) is 34.6 Å². The van der Waals surface area contributed by atoms with Gasteiger partial charge in [0.1, 0.15) is 11.6 Å². The highest BCUT2D eigenvalue weighted by atomic mass is 35.5. The smallest absolute Gasteiger partial charge is 0.131 e. The van der Waals surface area contributed by atoms with E-state index in [1.807, 2.05) is 11.9 Å². The maximum absolute atomic E-state index is 13.4. The summed E-state index contributed by atoms with van der Waals surface area (Å²) >= 11 is 5.79. The second kappa shape index (κ2) is 5.97. The molecule has 0 saturated carbocycles. The molecule has 0 saturated heterocycles. The summed E-state index contributed by atoms with van der Waals surface area (Å²) in [6.07, 6.45) is 0.485. The molecule has 0 atom stereocenters. The molecule has 0 aliphatic rings. The molecular weight excluding hydrogens is 229 g/mol. The lowest BCUT2D eigenvalue weighted by Gasteiger charge is -2.16. The normalized spacial score (nSPS) is 10.8. The molecule has 0 spiro atoms. The van der Waals surface area contributed by atoms with Crippen molar-refractivity contribution in [3.8, 4) is 0 Å². The molecular formula is C12H15ClFNO. The molecule has 0 N–H and O–H groups in total. The number of ketones is 1. The van der Waals surface area contributed by atoms with E-state index in [1.165, 1.54) is 12.1 Å². The van der Waals surface area contributed by atoms with Crippen LogP contribution in [0, 0.1) is 5.82 Å². The monoisotopic (exact) mass is 243 g/mol. The molecule has 16 heavy (non-hydrogen) atoms. The Bertz CT molecular complexity index is 381. The maximum Gasteiger partial charge on any atom is 0.131 e. The molecule has 1 aromatic rings. The lowest BCUT2D eigenvalue weighted by Crippen LogP contribution is -2.21. The third-order valence-corrected chi connectivity index (χ3v) is 2.53. The van der Waals surface area contributed by atoms with Gasteiger partial charge in [-0.15, -0.1) is 0 Å². The average Bonchev–Trinajstić information content (AvgIpc) is 2.20. The number of hydrogen-bond donors (Lipinski definition) is 0. The van der Waals surface area contributed by atoms with Gasteiger partial charge in [-0.1, -0.05) is 11.6 Å². The van der Waals surface area contributed by atoms with Crippen LogP contribution in [0.4, 0.5) is 4.39 Å². The lowest BCUT2D eigenvalue weighted by atomic mass is 10.2. The molecule has 0 aliphatic heterocycles. The van der Waals surface area contributed by atoms with Gasteiger partial charge in [0.2, 0.25) is 0 Å². The van der Waals surface area contributed by atoms with E-state index in [2.05, 4.69) is 0 Å². The fraction of sp³-hybridized carbons (Fsp3) is 0.417. The highest BCUT2D eigenvalue weighted by Gasteiger charge is 2.07. The van der Waals surface area contributed by atoms with Gasteiger partial charge in [-0.2, -0.15) is 0 Å². The maximum atomic E-state index is 13.4. The Morgan fingerprint density at radius 3 is 2.81 bits per heavy atom. The molecule has 0 aromatic heterocycles. The molecule has 0 amide bonds. The van der Waals surface area contributed by atoms with Gasteiger partial charge >= 0.3 is 0 Å². The van der Waals surface area contributed by atoms with Crippen molar-refractivity contribution in [3.63, 3.8) is 0 Å². The van der Waals surface area contributed by atoms with Crippen molar-refractivity contribution in [1.82, 2.24) is 4.90 Å². The zero-order valence-electron chi connectivity index (χ0n) is 9.46. The number of Topliss-reactive ketones (excluding diaryl/α,β-unsaturated/α-hetero) is 1. The molecule has 0 fully saturated rings. The minimum absolute atomic E-state index is 0.137. The first-order valence-electron chi connectivity index (χ1n) is 5.11. The topological polar surface area (TPSA) is 20.3 Å². The highest BCUT2D eigenvalue weighted by Crippen LogP contribution is 2.16. The lowest BCUT2D eigenvalue weighted by molar-refractivity contribution is -0.117. The summed E-state index contributed by atoms with van der Waals surface area (Å²) in [4.78, 5) is 12.7. The second-order valence-corrected chi connectivity index (χ2v) is 4.36. The zero-order valence-corrected chi connectivity index (χ0v) is 10.2. The third-order valence-electron chi connectivity index (χ3n) is 2.29. The Balaban J connectivity index is 2.58. The van der Waals surface area contributed by atoms with Crippen LogP contribution in [0.3, 0.4) is 0 Å². The number of benzene rings is 1. The number of nitrogens with zero attached hydrogens (tertiary/aromatic N) is 1. The molecule has 2 nitrogen and oxygen atoms in total. The first kappa shape index (κ1) is 13.1. The number of carbonyl (C=O) groups excluding carboxylic acids is 1. The summed E-state index contributed by atoms with van der Waals surface area (Å²) < 4.78 is 13.4. The first-order chi connectivity index (χ1) is 7.49. The van der Waals surface area contributed by atoms with Crippen molar-refractivity contribution in [2.75, 3.05) is 13.6 Å². The van der Waals surface area contributed by atoms with Crippen LogP contribution < -0.4 is 0 Å². The van der Waals surface area contributed by atoms with E-state index in [1.54, 1.807) is 13.0 Å². The van der Waals surface area contributed by atoms with E-state index < -0.39 is 0 Å². The Morgan fingerprint density at radius 2 is 2.19 bits per heavy atom. The minimum Gasteiger partial charge on any atom is -0.302 e. The molecule has 0 radical (unpaired) electrons. The standard InChI is InChI=1S/C12H15ClFNO/c1-9(16)5-6-15(2)8-10-7-11(13)3-4-12(10)14/h3-4,7H,5-6,8H2,1-2H3. The average molecular weight is 244 g/mol. The van der Waals surface area contributed by atoms with Gasteiger partial charge in [-0.25, -0.2) is 4.39 Å². The Labute approximate surface area is 100 Å².